The fraction of sp³-hybridized carbons (Fsp3) is 0.0400. The van der Waals surface area contributed by atoms with E-state index in [1.54, 1.807) is 16.8 Å². The highest BCUT2D eigenvalue weighted by Gasteiger charge is 2.37. The Kier molecular flexibility index (Phi) is 4.49. The quantitative estimate of drug-likeness (QED) is 0.523. The van der Waals surface area contributed by atoms with Crippen LogP contribution in [0.3, 0.4) is 0 Å². The molecule has 0 fully saturated rings. The highest BCUT2D eigenvalue weighted by Crippen LogP contribution is 2.47. The molecule has 1 unspecified atom stereocenters. The van der Waals surface area contributed by atoms with Gasteiger partial charge in [-0.2, -0.15) is 15.0 Å². The van der Waals surface area contributed by atoms with Crippen molar-refractivity contribution in [2.45, 2.75) is 5.92 Å². The number of hydrogen-bond donors (Lipinski definition) is 1. The van der Waals surface area contributed by atoms with Crippen molar-refractivity contribution in [2.75, 3.05) is 0 Å². The van der Waals surface area contributed by atoms with E-state index in [9.17, 15) is 9.65 Å². The minimum Gasteiger partial charge on any atom is -0.422 e. The van der Waals surface area contributed by atoms with Gasteiger partial charge in [0.15, 0.2) is 0 Å². The first-order valence-electron chi connectivity index (χ1n) is 9.74. The maximum Gasteiger partial charge on any atom is 0.229 e. The number of allylic oxidation sites excluding steroid dienone is 1. The van der Waals surface area contributed by atoms with Gasteiger partial charge < -0.3 is 10.5 Å². The van der Waals surface area contributed by atoms with Gasteiger partial charge in [0.2, 0.25) is 11.8 Å². The van der Waals surface area contributed by atoms with Gasteiger partial charge in [0.1, 0.15) is 23.2 Å². The molecular formula is C25H17FN4O. The number of aromatic nitrogens is 2. The number of para-hydroxylation sites is 1. The molecule has 5 rings (SSSR count). The molecule has 0 aliphatic carbocycles. The Bertz CT molecular complexity index is 1320. The molecule has 0 bridgehead atoms. The molecule has 4 aromatic rings. The van der Waals surface area contributed by atoms with E-state index in [1.807, 2.05) is 60.7 Å². The standard InChI is InChI=1S/C25H17FN4O/c26-18-13-11-16(12-14-18)21-20(15-27)24(28)31-25-22(21)23(17-7-3-1-4-8-17)29-30(25)19-9-5-2-6-10-19/h1-14,21H,28H2. The van der Waals surface area contributed by atoms with Crippen LogP contribution in [-0.2, 0) is 0 Å². The summed E-state index contributed by atoms with van der Waals surface area (Å²) >= 11 is 0. The van der Waals surface area contributed by atoms with Crippen molar-refractivity contribution >= 4 is 0 Å². The smallest absolute Gasteiger partial charge is 0.229 e. The summed E-state index contributed by atoms with van der Waals surface area (Å²) in [7, 11) is 0. The Balaban J connectivity index is 1.83. The number of fused-ring (bicyclic) bond motifs is 1. The molecule has 3 aromatic carbocycles. The molecule has 0 saturated carbocycles. The van der Waals surface area contributed by atoms with Crippen LogP contribution in [0.4, 0.5) is 4.39 Å². The van der Waals surface area contributed by atoms with Crippen molar-refractivity contribution in [2.24, 2.45) is 5.73 Å². The molecule has 1 aliphatic heterocycles. The van der Waals surface area contributed by atoms with Crippen molar-refractivity contribution < 1.29 is 9.13 Å². The molecule has 5 nitrogen and oxygen atoms in total. The summed E-state index contributed by atoms with van der Waals surface area (Å²) < 4.78 is 21.3. The molecule has 6 heteroatoms. The molecule has 31 heavy (non-hydrogen) atoms. The van der Waals surface area contributed by atoms with E-state index < -0.39 is 5.92 Å². The second-order valence-corrected chi connectivity index (χ2v) is 7.16. The van der Waals surface area contributed by atoms with Crippen LogP contribution in [0.1, 0.15) is 17.0 Å². The van der Waals surface area contributed by atoms with Gasteiger partial charge in [-0.3, -0.25) is 0 Å². The van der Waals surface area contributed by atoms with Gasteiger partial charge in [-0.15, -0.1) is 0 Å². The predicted octanol–water partition coefficient (Wildman–Crippen LogP) is 4.90. The lowest BCUT2D eigenvalue weighted by Crippen LogP contribution is -2.22. The maximum absolute atomic E-state index is 13.6. The second kappa shape index (κ2) is 7.47. The summed E-state index contributed by atoms with van der Waals surface area (Å²) in [6.07, 6.45) is 0. The zero-order chi connectivity index (χ0) is 21.4. The van der Waals surface area contributed by atoms with Gasteiger partial charge in [0.05, 0.1) is 17.2 Å². The number of benzene rings is 3. The molecule has 1 aliphatic rings. The SMILES string of the molecule is N#CC1=C(N)Oc2c(c(-c3ccccc3)nn2-c2ccccc2)C1c1ccc(F)cc1. The molecule has 1 atom stereocenters. The van der Waals surface area contributed by atoms with E-state index in [2.05, 4.69) is 6.07 Å². The van der Waals surface area contributed by atoms with E-state index in [-0.39, 0.29) is 17.3 Å². The van der Waals surface area contributed by atoms with E-state index >= 15 is 0 Å². The topological polar surface area (TPSA) is 76.9 Å². The third-order valence-electron chi connectivity index (χ3n) is 5.30. The van der Waals surface area contributed by atoms with Crippen LogP contribution in [0.5, 0.6) is 5.88 Å². The number of hydrogen-bond acceptors (Lipinski definition) is 4. The van der Waals surface area contributed by atoms with E-state index in [0.29, 0.717) is 17.1 Å². The minimum atomic E-state index is -0.540. The molecule has 0 saturated heterocycles. The van der Waals surface area contributed by atoms with Gasteiger partial charge in [0.25, 0.3) is 0 Å². The van der Waals surface area contributed by atoms with E-state index in [1.165, 1.54) is 12.1 Å². The van der Waals surface area contributed by atoms with Crippen molar-refractivity contribution in [3.63, 3.8) is 0 Å². The van der Waals surface area contributed by atoms with Crippen LogP contribution in [0.15, 0.2) is 96.4 Å². The number of ether oxygens (including phenoxy) is 1. The second-order valence-electron chi connectivity index (χ2n) is 7.16. The van der Waals surface area contributed by atoms with Crippen molar-refractivity contribution in [1.82, 2.24) is 9.78 Å². The van der Waals surface area contributed by atoms with E-state index in [4.69, 9.17) is 15.6 Å². The number of rotatable bonds is 3. The Morgan fingerprint density at radius 2 is 1.58 bits per heavy atom. The molecule has 0 amide bonds. The third kappa shape index (κ3) is 3.13. The lowest BCUT2D eigenvalue weighted by molar-refractivity contribution is 0.367. The number of halogens is 1. The monoisotopic (exact) mass is 408 g/mol. The average molecular weight is 408 g/mol. The Morgan fingerprint density at radius 3 is 2.23 bits per heavy atom. The number of nitrogens with two attached hydrogens (primary N) is 1. The highest BCUT2D eigenvalue weighted by molar-refractivity contribution is 5.72. The van der Waals surface area contributed by atoms with Crippen molar-refractivity contribution in [1.29, 1.82) is 5.26 Å². The van der Waals surface area contributed by atoms with Gasteiger partial charge in [-0.1, -0.05) is 60.7 Å². The van der Waals surface area contributed by atoms with Crippen LogP contribution in [0.2, 0.25) is 0 Å². The summed E-state index contributed by atoms with van der Waals surface area (Å²) in [5, 5.41) is 14.7. The molecule has 150 valence electrons. The molecule has 1 aromatic heterocycles. The Morgan fingerprint density at radius 1 is 0.935 bits per heavy atom. The molecule has 0 radical (unpaired) electrons. The fourth-order valence-corrected chi connectivity index (χ4v) is 3.88. The zero-order valence-corrected chi connectivity index (χ0v) is 16.4. The maximum atomic E-state index is 13.6. The molecule has 2 N–H and O–H groups in total. The minimum absolute atomic E-state index is 0.0148. The summed E-state index contributed by atoms with van der Waals surface area (Å²) in [5.74, 6) is -0.436. The van der Waals surface area contributed by atoms with Crippen LogP contribution in [0.25, 0.3) is 16.9 Å². The van der Waals surface area contributed by atoms with Crippen LogP contribution >= 0.6 is 0 Å². The van der Waals surface area contributed by atoms with Gasteiger partial charge in [-0.05, 0) is 29.8 Å². The number of nitriles is 1. The van der Waals surface area contributed by atoms with Crippen LogP contribution in [-0.4, -0.2) is 9.78 Å². The number of nitrogens with zero attached hydrogens (tertiary/aromatic N) is 3. The van der Waals surface area contributed by atoms with Gasteiger partial charge in [-0.25, -0.2) is 4.39 Å². The Hall–Kier alpha value is -4.37. The summed E-state index contributed by atoms with van der Waals surface area (Å²) in [4.78, 5) is 0. The van der Waals surface area contributed by atoms with E-state index in [0.717, 1.165) is 16.8 Å². The molecular weight excluding hydrogens is 391 g/mol. The van der Waals surface area contributed by atoms with Crippen molar-refractivity contribution in [3.05, 3.63) is 113 Å². The zero-order valence-electron chi connectivity index (χ0n) is 16.4. The summed E-state index contributed by atoms with van der Waals surface area (Å²) in [6.45, 7) is 0. The first-order valence-corrected chi connectivity index (χ1v) is 9.74. The fourth-order valence-electron chi connectivity index (χ4n) is 3.88. The largest absolute Gasteiger partial charge is 0.422 e. The third-order valence-corrected chi connectivity index (χ3v) is 5.30. The molecule has 0 spiro atoms. The Labute approximate surface area is 178 Å². The summed E-state index contributed by atoms with van der Waals surface area (Å²) in [5.41, 5.74) is 10.2. The predicted molar refractivity (Wildman–Crippen MR) is 115 cm³/mol. The van der Waals surface area contributed by atoms with Crippen LogP contribution < -0.4 is 10.5 Å². The first kappa shape index (κ1) is 18.6. The van der Waals surface area contributed by atoms with Crippen LogP contribution in [0, 0.1) is 17.1 Å². The lowest BCUT2D eigenvalue weighted by atomic mass is 9.83. The summed E-state index contributed by atoms with van der Waals surface area (Å²) in [6, 6.07) is 27.5. The first-order chi connectivity index (χ1) is 15.2. The lowest BCUT2D eigenvalue weighted by Gasteiger charge is -2.25. The van der Waals surface area contributed by atoms with Crippen molar-refractivity contribution in [3.8, 4) is 28.9 Å². The molecule has 2 heterocycles. The highest BCUT2D eigenvalue weighted by atomic mass is 19.1. The average Bonchev–Trinajstić information content (AvgIpc) is 3.19. The van der Waals surface area contributed by atoms with Gasteiger partial charge >= 0.3 is 0 Å². The van der Waals surface area contributed by atoms with Gasteiger partial charge in [0, 0.05) is 5.56 Å². The normalized spacial score (nSPS) is 15.2.